The summed E-state index contributed by atoms with van der Waals surface area (Å²) in [6.45, 7) is 0. The Morgan fingerprint density at radius 2 is 1.68 bits per heavy atom. The van der Waals surface area contributed by atoms with E-state index in [4.69, 9.17) is 21.7 Å². The van der Waals surface area contributed by atoms with Gasteiger partial charge in [0.2, 0.25) is 0 Å². The predicted octanol–water partition coefficient (Wildman–Crippen LogP) is 3.79. The number of halogens is 2. The summed E-state index contributed by atoms with van der Waals surface area (Å²) in [5, 5.41) is 5.55. The Balaban J connectivity index is 2.16. The van der Waals surface area contributed by atoms with Crippen LogP contribution in [0.25, 0.3) is 0 Å². The SMILES string of the molecule is COc1ccc(OC)c(NC(=S)Nc2cc(F)ccc2F)c1. The highest BCUT2D eigenvalue weighted by Crippen LogP contribution is 2.29. The van der Waals surface area contributed by atoms with Crippen molar-refractivity contribution in [3.05, 3.63) is 48.0 Å². The van der Waals surface area contributed by atoms with E-state index in [9.17, 15) is 8.78 Å². The zero-order chi connectivity index (χ0) is 16.1. The summed E-state index contributed by atoms with van der Waals surface area (Å²) in [4.78, 5) is 0. The maximum absolute atomic E-state index is 13.6. The first kappa shape index (κ1) is 16.0. The molecule has 22 heavy (non-hydrogen) atoms. The lowest BCUT2D eigenvalue weighted by Crippen LogP contribution is -2.20. The quantitative estimate of drug-likeness (QED) is 0.838. The molecule has 0 spiro atoms. The molecule has 116 valence electrons. The van der Waals surface area contributed by atoms with Gasteiger partial charge >= 0.3 is 0 Å². The minimum atomic E-state index is -0.608. The molecule has 0 amide bonds. The van der Waals surface area contributed by atoms with Gasteiger partial charge in [-0.25, -0.2) is 8.78 Å². The summed E-state index contributed by atoms with van der Waals surface area (Å²) < 4.78 is 37.0. The molecular weight excluding hydrogens is 310 g/mol. The fourth-order valence-corrected chi connectivity index (χ4v) is 2.00. The van der Waals surface area contributed by atoms with Gasteiger partial charge in [0, 0.05) is 12.1 Å². The molecule has 0 radical (unpaired) electrons. The van der Waals surface area contributed by atoms with E-state index >= 15 is 0 Å². The van der Waals surface area contributed by atoms with Crippen LogP contribution in [0.1, 0.15) is 0 Å². The van der Waals surface area contributed by atoms with Crippen LogP contribution in [-0.4, -0.2) is 19.3 Å². The zero-order valence-electron chi connectivity index (χ0n) is 11.9. The van der Waals surface area contributed by atoms with E-state index in [0.29, 0.717) is 17.2 Å². The molecule has 7 heteroatoms. The molecule has 0 aliphatic rings. The fourth-order valence-electron chi connectivity index (χ4n) is 1.78. The van der Waals surface area contributed by atoms with Gasteiger partial charge in [-0.1, -0.05) is 0 Å². The van der Waals surface area contributed by atoms with Crippen molar-refractivity contribution in [2.75, 3.05) is 24.9 Å². The summed E-state index contributed by atoms with van der Waals surface area (Å²) >= 11 is 5.10. The second kappa shape index (κ2) is 7.04. The number of thiocarbonyl (C=S) groups is 1. The minimum Gasteiger partial charge on any atom is -0.497 e. The first-order valence-corrected chi connectivity index (χ1v) is 6.69. The third kappa shape index (κ3) is 3.82. The van der Waals surface area contributed by atoms with Crippen molar-refractivity contribution >= 4 is 28.7 Å². The van der Waals surface area contributed by atoms with E-state index in [-0.39, 0.29) is 10.8 Å². The number of ether oxygens (including phenoxy) is 2. The summed E-state index contributed by atoms with van der Waals surface area (Å²) in [6.07, 6.45) is 0. The average molecular weight is 324 g/mol. The van der Waals surface area contributed by atoms with Gasteiger partial charge in [-0.05, 0) is 36.5 Å². The maximum atomic E-state index is 13.6. The highest BCUT2D eigenvalue weighted by molar-refractivity contribution is 7.80. The molecule has 0 bridgehead atoms. The number of rotatable bonds is 4. The molecule has 0 saturated heterocycles. The largest absolute Gasteiger partial charge is 0.497 e. The van der Waals surface area contributed by atoms with E-state index in [1.807, 2.05) is 0 Å². The Labute approximate surface area is 132 Å². The van der Waals surface area contributed by atoms with Crippen molar-refractivity contribution in [3.8, 4) is 11.5 Å². The first-order valence-electron chi connectivity index (χ1n) is 6.28. The van der Waals surface area contributed by atoms with E-state index in [0.717, 1.165) is 18.2 Å². The van der Waals surface area contributed by atoms with Gasteiger partial charge in [-0.2, -0.15) is 0 Å². The van der Waals surface area contributed by atoms with Crippen LogP contribution in [0.3, 0.4) is 0 Å². The van der Waals surface area contributed by atoms with Gasteiger partial charge in [0.05, 0.1) is 25.6 Å². The van der Waals surface area contributed by atoms with E-state index in [1.54, 1.807) is 18.2 Å². The molecule has 0 aromatic heterocycles. The number of hydrogen-bond donors (Lipinski definition) is 2. The third-order valence-electron chi connectivity index (χ3n) is 2.83. The molecule has 0 heterocycles. The molecule has 0 aliphatic carbocycles. The van der Waals surface area contributed by atoms with Crippen LogP contribution in [-0.2, 0) is 0 Å². The van der Waals surface area contributed by atoms with E-state index < -0.39 is 11.6 Å². The van der Waals surface area contributed by atoms with Crippen LogP contribution in [0, 0.1) is 11.6 Å². The van der Waals surface area contributed by atoms with Crippen LogP contribution in [0.5, 0.6) is 11.5 Å². The lowest BCUT2D eigenvalue weighted by Gasteiger charge is -2.14. The Morgan fingerprint density at radius 3 is 2.36 bits per heavy atom. The van der Waals surface area contributed by atoms with Gasteiger partial charge in [-0.15, -0.1) is 0 Å². The Bertz CT molecular complexity index is 695. The molecule has 2 rings (SSSR count). The number of nitrogens with one attached hydrogen (secondary N) is 2. The van der Waals surface area contributed by atoms with Crippen molar-refractivity contribution in [1.82, 2.24) is 0 Å². The van der Waals surface area contributed by atoms with Crippen LogP contribution < -0.4 is 20.1 Å². The van der Waals surface area contributed by atoms with Gasteiger partial charge in [-0.3, -0.25) is 0 Å². The van der Waals surface area contributed by atoms with Crippen molar-refractivity contribution in [3.63, 3.8) is 0 Å². The molecule has 2 N–H and O–H groups in total. The van der Waals surface area contributed by atoms with E-state index in [1.165, 1.54) is 14.2 Å². The van der Waals surface area contributed by atoms with Gasteiger partial charge in [0.15, 0.2) is 5.11 Å². The average Bonchev–Trinajstić information content (AvgIpc) is 2.50. The molecular formula is C15H14F2N2O2S. The second-order valence-electron chi connectivity index (χ2n) is 4.27. The molecule has 0 saturated carbocycles. The van der Waals surface area contributed by atoms with Gasteiger partial charge in [0.25, 0.3) is 0 Å². The monoisotopic (exact) mass is 324 g/mol. The molecule has 0 aliphatic heterocycles. The standard InChI is InChI=1S/C15H14F2N2O2S/c1-20-10-4-6-14(21-2)13(8-10)19-15(22)18-12-7-9(16)3-5-11(12)17/h3-8H,1-2H3,(H2,18,19,22). The van der Waals surface area contributed by atoms with Crippen molar-refractivity contribution in [2.24, 2.45) is 0 Å². The lowest BCUT2D eigenvalue weighted by molar-refractivity contribution is 0.405. The van der Waals surface area contributed by atoms with Gasteiger partial charge in [0.1, 0.15) is 23.1 Å². The lowest BCUT2D eigenvalue weighted by atomic mass is 10.2. The third-order valence-corrected chi connectivity index (χ3v) is 3.04. The first-order chi connectivity index (χ1) is 10.5. The Hall–Kier alpha value is -2.41. The maximum Gasteiger partial charge on any atom is 0.175 e. The topological polar surface area (TPSA) is 42.5 Å². The number of methoxy groups -OCH3 is 2. The molecule has 2 aromatic carbocycles. The van der Waals surface area contributed by atoms with Crippen LogP contribution in [0.4, 0.5) is 20.2 Å². The number of anilines is 2. The van der Waals surface area contributed by atoms with Crippen LogP contribution in [0.15, 0.2) is 36.4 Å². The van der Waals surface area contributed by atoms with Crippen molar-refractivity contribution < 1.29 is 18.3 Å². The molecule has 0 fully saturated rings. The van der Waals surface area contributed by atoms with Crippen LogP contribution >= 0.6 is 12.2 Å². The smallest absolute Gasteiger partial charge is 0.175 e. The zero-order valence-corrected chi connectivity index (χ0v) is 12.8. The predicted molar refractivity (Wildman–Crippen MR) is 85.7 cm³/mol. The normalized spacial score (nSPS) is 10.0. The Morgan fingerprint density at radius 1 is 0.955 bits per heavy atom. The highest BCUT2D eigenvalue weighted by Gasteiger charge is 2.09. The highest BCUT2D eigenvalue weighted by atomic mass is 32.1. The van der Waals surface area contributed by atoms with Crippen LogP contribution in [0.2, 0.25) is 0 Å². The summed E-state index contributed by atoms with van der Waals surface area (Å²) in [5.74, 6) is -0.0403. The summed E-state index contributed by atoms with van der Waals surface area (Å²) in [6, 6.07) is 8.18. The number of hydrogen-bond acceptors (Lipinski definition) is 3. The second-order valence-corrected chi connectivity index (χ2v) is 4.68. The summed E-state index contributed by atoms with van der Waals surface area (Å²) in [5.41, 5.74) is 0.482. The summed E-state index contributed by atoms with van der Waals surface area (Å²) in [7, 11) is 3.04. The minimum absolute atomic E-state index is 0.0561. The molecule has 4 nitrogen and oxygen atoms in total. The molecule has 0 atom stereocenters. The fraction of sp³-hybridized carbons (Fsp3) is 0.133. The Kier molecular flexibility index (Phi) is 5.11. The molecule has 2 aromatic rings. The van der Waals surface area contributed by atoms with Crippen molar-refractivity contribution in [2.45, 2.75) is 0 Å². The van der Waals surface area contributed by atoms with E-state index in [2.05, 4.69) is 10.6 Å². The van der Waals surface area contributed by atoms with Crippen molar-refractivity contribution in [1.29, 1.82) is 0 Å². The number of benzene rings is 2. The van der Waals surface area contributed by atoms with Gasteiger partial charge < -0.3 is 20.1 Å². The molecule has 0 unspecified atom stereocenters.